The van der Waals surface area contributed by atoms with Crippen molar-refractivity contribution in [3.63, 3.8) is 0 Å². The fourth-order valence-corrected chi connectivity index (χ4v) is 5.26. The molecule has 0 heterocycles. The van der Waals surface area contributed by atoms with Crippen LogP contribution in [-0.2, 0) is 10.0 Å². The lowest BCUT2D eigenvalue weighted by Gasteiger charge is -2.23. The van der Waals surface area contributed by atoms with Gasteiger partial charge in [0.05, 0.1) is 15.6 Å². The highest BCUT2D eigenvalue weighted by Crippen LogP contribution is 2.37. The van der Waals surface area contributed by atoms with Gasteiger partial charge in [0.25, 0.3) is 10.0 Å². The zero-order valence-corrected chi connectivity index (χ0v) is 18.9. The smallest absolute Gasteiger partial charge is 0.262 e. The van der Waals surface area contributed by atoms with E-state index in [1.165, 1.54) is 6.07 Å². The van der Waals surface area contributed by atoms with Gasteiger partial charge in [-0.15, -0.1) is 0 Å². The van der Waals surface area contributed by atoms with Crippen molar-refractivity contribution >= 4 is 38.9 Å². The Morgan fingerprint density at radius 1 is 0.815 bits per heavy atom. The zero-order valence-electron chi connectivity index (χ0n) is 16.6. The monoisotopic (exact) mass is 427 g/mol. The number of rotatable bonds is 6. The fraction of sp³-hybridized carbons (Fsp3) is 0.429. The average molecular weight is 428 g/mol. The number of nitrogens with one attached hydrogen (secondary N) is 1. The number of hydrogen-bond acceptors (Lipinski definition) is 2. The summed E-state index contributed by atoms with van der Waals surface area (Å²) in [5.41, 5.74) is 3.11. The molecule has 6 heteroatoms. The third-order valence-corrected chi connectivity index (χ3v) is 6.57. The second kappa shape index (κ2) is 8.42. The van der Waals surface area contributed by atoms with Gasteiger partial charge >= 0.3 is 0 Å². The summed E-state index contributed by atoms with van der Waals surface area (Å²) in [5.74, 6) is 0.442. The predicted octanol–water partition coefficient (Wildman–Crippen LogP) is 7.16. The van der Waals surface area contributed by atoms with Crippen LogP contribution in [0.5, 0.6) is 0 Å². The molecule has 148 valence electrons. The summed E-state index contributed by atoms with van der Waals surface area (Å²) in [6.45, 7) is 12.3. The molecule has 1 N–H and O–H groups in total. The van der Waals surface area contributed by atoms with E-state index in [2.05, 4.69) is 18.6 Å². The molecular formula is C21H27Cl2NO2S. The molecule has 0 bridgehead atoms. The molecular weight excluding hydrogens is 401 g/mol. The summed E-state index contributed by atoms with van der Waals surface area (Å²) in [4.78, 5) is 0.350. The van der Waals surface area contributed by atoms with Gasteiger partial charge in [0.2, 0.25) is 0 Å². The molecule has 0 aliphatic heterocycles. The van der Waals surface area contributed by atoms with Crippen LogP contribution in [0.25, 0.3) is 0 Å². The Kier molecular flexibility index (Phi) is 6.88. The Labute approximate surface area is 173 Å². The van der Waals surface area contributed by atoms with Gasteiger partial charge in [0, 0.05) is 5.02 Å². The van der Waals surface area contributed by atoms with E-state index in [0.717, 1.165) is 16.7 Å². The lowest BCUT2D eigenvalue weighted by molar-refractivity contribution is 0.595. The van der Waals surface area contributed by atoms with Crippen LogP contribution in [-0.4, -0.2) is 8.42 Å². The minimum atomic E-state index is -3.82. The number of hydrogen-bond donors (Lipinski definition) is 1. The van der Waals surface area contributed by atoms with E-state index in [4.69, 9.17) is 23.2 Å². The first kappa shape index (κ1) is 22.1. The van der Waals surface area contributed by atoms with Crippen LogP contribution in [0.15, 0.2) is 35.2 Å². The number of benzene rings is 2. The highest BCUT2D eigenvalue weighted by molar-refractivity contribution is 7.92. The third-order valence-electron chi connectivity index (χ3n) is 4.52. The van der Waals surface area contributed by atoms with Crippen molar-refractivity contribution in [1.82, 2.24) is 0 Å². The zero-order chi connectivity index (χ0) is 20.5. The molecule has 27 heavy (non-hydrogen) atoms. The Bertz CT molecular complexity index is 906. The van der Waals surface area contributed by atoms with Gasteiger partial charge in [0.15, 0.2) is 0 Å². The highest BCUT2D eigenvalue weighted by atomic mass is 35.5. The largest absolute Gasteiger partial charge is 0.278 e. The van der Waals surface area contributed by atoms with E-state index in [1.807, 2.05) is 39.8 Å². The van der Waals surface area contributed by atoms with Crippen molar-refractivity contribution in [2.24, 2.45) is 0 Å². The molecule has 0 aliphatic carbocycles. The molecule has 3 nitrogen and oxygen atoms in total. The van der Waals surface area contributed by atoms with Crippen LogP contribution in [0.1, 0.15) is 76.0 Å². The normalized spacial score (nSPS) is 12.3. The molecule has 2 rings (SSSR count). The van der Waals surface area contributed by atoms with E-state index in [1.54, 1.807) is 12.1 Å². The van der Waals surface area contributed by atoms with Gasteiger partial charge in [-0.3, -0.25) is 4.72 Å². The standard InChI is InChI=1S/C21H27Cl2NO2S/c1-12(2)15-9-17(13(3)4)21(18(10-15)14(5)6)27(25,26)24-20-8-7-16(22)11-19(20)23/h7-14,24H,1-6H3. The predicted molar refractivity (Wildman–Crippen MR) is 116 cm³/mol. The van der Waals surface area contributed by atoms with Crippen molar-refractivity contribution in [1.29, 1.82) is 0 Å². The summed E-state index contributed by atoms with van der Waals surface area (Å²) >= 11 is 12.1. The lowest BCUT2D eigenvalue weighted by Crippen LogP contribution is -2.19. The summed E-state index contributed by atoms with van der Waals surface area (Å²) in [5, 5.41) is 0.719. The second-order valence-electron chi connectivity index (χ2n) is 7.72. The van der Waals surface area contributed by atoms with Crippen molar-refractivity contribution in [2.45, 2.75) is 64.2 Å². The number of anilines is 1. The van der Waals surface area contributed by atoms with Gasteiger partial charge in [0.1, 0.15) is 0 Å². The highest BCUT2D eigenvalue weighted by Gasteiger charge is 2.27. The maximum atomic E-state index is 13.4. The van der Waals surface area contributed by atoms with Gasteiger partial charge in [-0.05, 0) is 52.6 Å². The number of halogens is 2. The Balaban J connectivity index is 2.70. The van der Waals surface area contributed by atoms with Gasteiger partial charge in [-0.1, -0.05) is 76.9 Å². The van der Waals surface area contributed by atoms with Crippen molar-refractivity contribution in [3.8, 4) is 0 Å². The van der Waals surface area contributed by atoms with Gasteiger partial charge < -0.3 is 0 Å². The molecule has 0 aromatic heterocycles. The van der Waals surface area contributed by atoms with E-state index in [-0.39, 0.29) is 16.9 Å². The Morgan fingerprint density at radius 2 is 1.33 bits per heavy atom. The molecule has 2 aromatic rings. The minimum absolute atomic E-state index is 0.0634. The average Bonchev–Trinajstić information content (AvgIpc) is 2.55. The molecule has 0 fully saturated rings. The summed E-state index contributed by atoms with van der Waals surface area (Å²) in [6.07, 6.45) is 0. The first-order valence-corrected chi connectivity index (χ1v) is 11.3. The van der Waals surface area contributed by atoms with Crippen LogP contribution in [0.3, 0.4) is 0 Å². The molecule has 0 saturated carbocycles. The molecule has 0 spiro atoms. The molecule has 0 amide bonds. The molecule has 0 atom stereocenters. The lowest BCUT2D eigenvalue weighted by atomic mass is 9.89. The molecule has 0 unspecified atom stereocenters. The quantitative estimate of drug-likeness (QED) is 0.530. The molecule has 0 saturated heterocycles. The Hall–Kier alpha value is -1.23. The van der Waals surface area contributed by atoms with Crippen LogP contribution in [0.4, 0.5) is 5.69 Å². The molecule has 0 radical (unpaired) electrons. The van der Waals surface area contributed by atoms with Crippen LogP contribution >= 0.6 is 23.2 Å². The maximum Gasteiger partial charge on any atom is 0.262 e. The SMILES string of the molecule is CC(C)c1cc(C(C)C)c(S(=O)(=O)Nc2ccc(Cl)cc2Cl)c(C(C)C)c1. The van der Waals surface area contributed by atoms with E-state index >= 15 is 0 Å². The van der Waals surface area contributed by atoms with Crippen LogP contribution < -0.4 is 4.72 Å². The third kappa shape index (κ3) is 4.98. The van der Waals surface area contributed by atoms with Crippen LogP contribution in [0.2, 0.25) is 10.0 Å². The first-order valence-electron chi connectivity index (χ1n) is 9.09. The van der Waals surface area contributed by atoms with E-state index in [0.29, 0.717) is 21.5 Å². The topological polar surface area (TPSA) is 46.2 Å². The van der Waals surface area contributed by atoms with Crippen molar-refractivity contribution in [3.05, 3.63) is 57.1 Å². The fourth-order valence-electron chi connectivity index (χ4n) is 2.97. The van der Waals surface area contributed by atoms with Gasteiger partial charge in [-0.2, -0.15) is 0 Å². The Morgan fingerprint density at radius 3 is 1.74 bits per heavy atom. The van der Waals surface area contributed by atoms with Gasteiger partial charge in [-0.25, -0.2) is 8.42 Å². The van der Waals surface area contributed by atoms with Crippen molar-refractivity contribution in [2.75, 3.05) is 4.72 Å². The first-order chi connectivity index (χ1) is 12.4. The summed E-state index contributed by atoms with van der Waals surface area (Å²) < 4.78 is 29.4. The van der Waals surface area contributed by atoms with E-state index in [9.17, 15) is 8.42 Å². The summed E-state index contributed by atoms with van der Waals surface area (Å²) in [6, 6.07) is 8.74. The number of sulfonamides is 1. The molecule has 0 aliphatic rings. The van der Waals surface area contributed by atoms with E-state index < -0.39 is 10.0 Å². The molecule has 2 aromatic carbocycles. The maximum absolute atomic E-state index is 13.4. The van der Waals surface area contributed by atoms with Crippen molar-refractivity contribution < 1.29 is 8.42 Å². The second-order valence-corrected chi connectivity index (χ2v) is 10.2. The minimum Gasteiger partial charge on any atom is -0.278 e. The van der Waals surface area contributed by atoms with Crippen LogP contribution in [0, 0.1) is 0 Å². The summed E-state index contributed by atoms with van der Waals surface area (Å²) in [7, 11) is -3.82.